The molecule has 0 radical (unpaired) electrons. The molecular formula is C15H21NO2. The minimum Gasteiger partial charge on any atom is -0.481 e. The summed E-state index contributed by atoms with van der Waals surface area (Å²) in [5.74, 6) is -0.690. The average Bonchev–Trinajstić information content (AvgIpc) is 2.38. The molecule has 1 aromatic rings. The molecule has 1 heterocycles. The Morgan fingerprint density at radius 2 is 2.06 bits per heavy atom. The maximum Gasteiger partial charge on any atom is 0.303 e. The van der Waals surface area contributed by atoms with Crippen LogP contribution < -0.4 is 4.90 Å². The van der Waals surface area contributed by atoms with Gasteiger partial charge in [0.1, 0.15) is 0 Å². The molecule has 1 aliphatic rings. The van der Waals surface area contributed by atoms with Crippen molar-refractivity contribution in [3.8, 4) is 0 Å². The minimum absolute atomic E-state index is 0.271. The van der Waals surface area contributed by atoms with Gasteiger partial charge in [0.05, 0.1) is 0 Å². The predicted molar refractivity (Wildman–Crippen MR) is 73.0 cm³/mol. The molecule has 0 aliphatic carbocycles. The van der Waals surface area contributed by atoms with E-state index in [4.69, 9.17) is 5.11 Å². The van der Waals surface area contributed by atoms with E-state index in [1.54, 1.807) is 0 Å². The second kappa shape index (κ2) is 5.89. The molecule has 1 fully saturated rings. The Morgan fingerprint density at radius 3 is 2.72 bits per heavy atom. The summed E-state index contributed by atoms with van der Waals surface area (Å²) in [4.78, 5) is 13.1. The molecule has 0 spiro atoms. The number of aliphatic carboxylic acids is 1. The van der Waals surface area contributed by atoms with Crippen molar-refractivity contribution >= 4 is 11.7 Å². The van der Waals surface area contributed by atoms with Gasteiger partial charge < -0.3 is 10.0 Å². The molecule has 0 bridgehead atoms. The van der Waals surface area contributed by atoms with Crippen LogP contribution in [0.1, 0.15) is 37.7 Å². The first-order valence-corrected chi connectivity index (χ1v) is 6.72. The maximum atomic E-state index is 10.7. The van der Waals surface area contributed by atoms with Crippen molar-refractivity contribution in [1.82, 2.24) is 0 Å². The number of piperidine rings is 1. The van der Waals surface area contributed by atoms with Crippen LogP contribution in [0.15, 0.2) is 24.3 Å². The van der Waals surface area contributed by atoms with E-state index in [1.165, 1.54) is 24.1 Å². The lowest BCUT2D eigenvalue weighted by Gasteiger charge is -2.37. The lowest BCUT2D eigenvalue weighted by Crippen LogP contribution is -2.39. The van der Waals surface area contributed by atoms with E-state index in [0.717, 1.165) is 19.4 Å². The molecule has 1 N–H and O–H groups in total. The third kappa shape index (κ3) is 3.25. The van der Waals surface area contributed by atoms with Crippen LogP contribution in [0.3, 0.4) is 0 Å². The van der Waals surface area contributed by atoms with E-state index in [1.807, 2.05) is 0 Å². The van der Waals surface area contributed by atoms with E-state index >= 15 is 0 Å². The third-order valence-electron chi connectivity index (χ3n) is 3.68. The molecule has 1 unspecified atom stereocenters. The van der Waals surface area contributed by atoms with Gasteiger partial charge in [0.15, 0.2) is 0 Å². The molecule has 0 aromatic heterocycles. The first-order chi connectivity index (χ1) is 8.66. The molecule has 98 valence electrons. The van der Waals surface area contributed by atoms with Gasteiger partial charge in [-0.05, 0) is 44.7 Å². The highest BCUT2D eigenvalue weighted by Crippen LogP contribution is 2.27. The highest BCUT2D eigenvalue weighted by Gasteiger charge is 2.22. The molecule has 3 nitrogen and oxygen atoms in total. The van der Waals surface area contributed by atoms with E-state index in [-0.39, 0.29) is 6.42 Å². The molecule has 1 aromatic carbocycles. The fourth-order valence-corrected chi connectivity index (χ4v) is 2.67. The number of carbonyl (C=O) groups is 1. The van der Waals surface area contributed by atoms with Gasteiger partial charge >= 0.3 is 5.97 Å². The molecule has 0 saturated carbocycles. The summed E-state index contributed by atoms with van der Waals surface area (Å²) in [6, 6.07) is 8.93. The fourth-order valence-electron chi connectivity index (χ4n) is 2.67. The zero-order valence-electron chi connectivity index (χ0n) is 10.9. The van der Waals surface area contributed by atoms with E-state index in [0.29, 0.717) is 6.04 Å². The molecule has 1 aliphatic heterocycles. The van der Waals surface area contributed by atoms with Crippen LogP contribution in [0.5, 0.6) is 0 Å². The van der Waals surface area contributed by atoms with Crippen LogP contribution in [0.2, 0.25) is 0 Å². The average molecular weight is 247 g/mol. The zero-order valence-corrected chi connectivity index (χ0v) is 10.9. The molecule has 3 heteroatoms. The maximum absolute atomic E-state index is 10.7. The molecule has 1 saturated heterocycles. The first-order valence-electron chi connectivity index (χ1n) is 6.72. The van der Waals surface area contributed by atoms with Crippen molar-refractivity contribution in [2.24, 2.45) is 0 Å². The number of carboxylic acids is 1. The highest BCUT2D eigenvalue weighted by molar-refractivity contribution is 5.66. The normalized spacial score (nSPS) is 19.8. The Morgan fingerprint density at radius 1 is 1.33 bits per heavy atom. The number of rotatable bonds is 4. The quantitative estimate of drug-likeness (QED) is 0.888. The van der Waals surface area contributed by atoms with Crippen molar-refractivity contribution in [2.75, 3.05) is 11.4 Å². The number of aryl methyl sites for hydroxylation is 1. The SMILES string of the molecule is Cc1ccc(N2CCCCC2CCC(=O)O)cc1. The molecule has 1 atom stereocenters. The summed E-state index contributed by atoms with van der Waals surface area (Å²) in [7, 11) is 0. The predicted octanol–water partition coefficient (Wildman–Crippen LogP) is 3.22. The zero-order chi connectivity index (χ0) is 13.0. The monoisotopic (exact) mass is 247 g/mol. The number of anilines is 1. The molecule has 2 rings (SSSR count). The van der Waals surface area contributed by atoms with E-state index in [9.17, 15) is 4.79 Å². The van der Waals surface area contributed by atoms with Crippen LogP contribution >= 0.6 is 0 Å². The lowest BCUT2D eigenvalue weighted by atomic mass is 9.97. The van der Waals surface area contributed by atoms with Gasteiger partial charge in [0, 0.05) is 24.7 Å². The van der Waals surface area contributed by atoms with Crippen molar-refractivity contribution in [3.05, 3.63) is 29.8 Å². The highest BCUT2D eigenvalue weighted by atomic mass is 16.4. The summed E-state index contributed by atoms with van der Waals surface area (Å²) in [5.41, 5.74) is 2.49. The standard InChI is InChI=1S/C15H21NO2/c1-12-5-7-14(8-6-12)16-11-3-2-4-13(16)9-10-15(17)18/h5-8,13H,2-4,9-11H2,1H3,(H,17,18). The number of benzene rings is 1. The van der Waals surface area contributed by atoms with Gasteiger partial charge in [0.25, 0.3) is 0 Å². The summed E-state index contributed by atoms with van der Waals surface area (Å²) >= 11 is 0. The number of carboxylic acid groups (broad SMARTS) is 1. The summed E-state index contributed by atoms with van der Waals surface area (Å²) in [6.07, 6.45) is 4.56. The van der Waals surface area contributed by atoms with Gasteiger partial charge in [-0.25, -0.2) is 0 Å². The Kier molecular flexibility index (Phi) is 4.24. The third-order valence-corrected chi connectivity index (χ3v) is 3.68. The van der Waals surface area contributed by atoms with Gasteiger partial charge in [0.2, 0.25) is 0 Å². The van der Waals surface area contributed by atoms with E-state index < -0.39 is 5.97 Å². The van der Waals surface area contributed by atoms with Crippen molar-refractivity contribution in [2.45, 2.75) is 45.1 Å². The fraction of sp³-hybridized carbons (Fsp3) is 0.533. The van der Waals surface area contributed by atoms with Gasteiger partial charge in [-0.2, -0.15) is 0 Å². The summed E-state index contributed by atoms with van der Waals surface area (Å²) in [5, 5.41) is 8.82. The van der Waals surface area contributed by atoms with Gasteiger partial charge in [-0.3, -0.25) is 4.79 Å². The second-order valence-electron chi connectivity index (χ2n) is 5.11. The number of hydrogen-bond donors (Lipinski definition) is 1. The van der Waals surface area contributed by atoms with Gasteiger partial charge in [-0.1, -0.05) is 17.7 Å². The molecular weight excluding hydrogens is 226 g/mol. The Labute approximate surface area is 108 Å². The van der Waals surface area contributed by atoms with Gasteiger partial charge in [-0.15, -0.1) is 0 Å². The van der Waals surface area contributed by atoms with Crippen molar-refractivity contribution in [1.29, 1.82) is 0 Å². The second-order valence-corrected chi connectivity index (χ2v) is 5.11. The Bertz CT molecular complexity index is 399. The topological polar surface area (TPSA) is 40.5 Å². The van der Waals surface area contributed by atoms with Crippen LogP contribution in [-0.2, 0) is 4.79 Å². The number of hydrogen-bond acceptors (Lipinski definition) is 2. The largest absolute Gasteiger partial charge is 0.481 e. The van der Waals surface area contributed by atoms with Crippen molar-refractivity contribution < 1.29 is 9.90 Å². The summed E-state index contributed by atoms with van der Waals surface area (Å²) < 4.78 is 0. The van der Waals surface area contributed by atoms with Crippen LogP contribution in [0.25, 0.3) is 0 Å². The van der Waals surface area contributed by atoms with E-state index in [2.05, 4.69) is 36.1 Å². The first kappa shape index (κ1) is 12.9. The smallest absolute Gasteiger partial charge is 0.303 e. The Hall–Kier alpha value is -1.51. The van der Waals surface area contributed by atoms with Crippen LogP contribution in [0, 0.1) is 6.92 Å². The number of nitrogens with zero attached hydrogens (tertiary/aromatic N) is 1. The van der Waals surface area contributed by atoms with Crippen LogP contribution in [-0.4, -0.2) is 23.7 Å². The van der Waals surface area contributed by atoms with Crippen molar-refractivity contribution in [3.63, 3.8) is 0 Å². The minimum atomic E-state index is -0.690. The molecule has 18 heavy (non-hydrogen) atoms. The Balaban J connectivity index is 2.07. The van der Waals surface area contributed by atoms with Crippen LogP contribution in [0.4, 0.5) is 5.69 Å². The lowest BCUT2D eigenvalue weighted by molar-refractivity contribution is -0.137. The molecule has 0 amide bonds. The summed E-state index contributed by atoms with van der Waals surface area (Å²) in [6.45, 7) is 3.13.